The van der Waals surface area contributed by atoms with Crippen LogP contribution in [0.5, 0.6) is 5.75 Å². The van der Waals surface area contributed by atoms with E-state index >= 15 is 0 Å². The van der Waals surface area contributed by atoms with Crippen LogP contribution in [0.15, 0.2) is 48.8 Å². The van der Waals surface area contributed by atoms with Gasteiger partial charge < -0.3 is 14.5 Å². The molecule has 204 valence electrons. The molecule has 0 aliphatic carbocycles. The number of halogens is 6. The molecule has 39 heavy (non-hydrogen) atoms. The molecule has 0 unspecified atom stereocenters. The Balaban J connectivity index is 1.37. The maximum absolute atomic E-state index is 13.2. The number of anilines is 1. The lowest BCUT2D eigenvalue weighted by molar-refractivity contribution is -0.143. The van der Waals surface area contributed by atoms with Crippen LogP contribution in [0.3, 0.4) is 0 Å². The molecule has 0 bridgehead atoms. The highest BCUT2D eigenvalue weighted by Gasteiger charge is 2.38. The van der Waals surface area contributed by atoms with Crippen molar-refractivity contribution in [2.24, 2.45) is 0 Å². The van der Waals surface area contributed by atoms with E-state index in [4.69, 9.17) is 4.74 Å². The number of fused-ring (bicyclic) bond motifs is 1. The van der Waals surface area contributed by atoms with E-state index in [1.54, 1.807) is 29.2 Å². The number of hydrogen-bond acceptors (Lipinski definition) is 7. The minimum atomic E-state index is -5.05. The summed E-state index contributed by atoms with van der Waals surface area (Å²) in [5.74, 6) is 0.108. The number of piperazine rings is 1. The Bertz CT molecular complexity index is 1500. The van der Waals surface area contributed by atoms with Gasteiger partial charge in [-0.2, -0.15) is 31.0 Å². The van der Waals surface area contributed by atoms with Crippen molar-refractivity contribution < 1.29 is 35.9 Å². The molecule has 3 heterocycles. The topological polar surface area (TPSA) is 89.3 Å². The molecule has 0 N–H and O–H groups in total. The Hall–Kier alpha value is -4.43. The van der Waals surface area contributed by atoms with Crippen LogP contribution in [0.1, 0.15) is 21.5 Å². The fourth-order valence-corrected chi connectivity index (χ4v) is 4.27. The molecular weight excluding hydrogens is 532 g/mol. The molecule has 0 saturated carbocycles. The predicted octanol–water partition coefficient (Wildman–Crippen LogP) is 4.22. The van der Waals surface area contributed by atoms with Crippen LogP contribution >= 0.6 is 0 Å². The number of carbonyl (C=O) groups excluding carboxylic acids is 1. The summed E-state index contributed by atoms with van der Waals surface area (Å²) in [6, 6.07) is 7.96. The molecule has 0 spiro atoms. The van der Waals surface area contributed by atoms with Crippen molar-refractivity contribution in [3.63, 3.8) is 0 Å². The minimum absolute atomic E-state index is 0.00618. The average molecular weight is 551 g/mol. The second kappa shape index (κ2) is 9.71. The largest absolute Gasteiger partial charge is 0.497 e. The van der Waals surface area contributed by atoms with Gasteiger partial charge in [0, 0.05) is 37.8 Å². The molecule has 4 aromatic rings. The number of benzene rings is 2. The average Bonchev–Trinajstić information content (AvgIpc) is 3.36. The fraction of sp³-hybridized carbons (Fsp3) is 0.292. The zero-order valence-electron chi connectivity index (χ0n) is 20.2. The fourth-order valence-electron chi connectivity index (χ4n) is 4.27. The highest BCUT2D eigenvalue weighted by Crippen LogP contribution is 2.36. The molecular formula is C24H19F6N7O2. The van der Waals surface area contributed by atoms with Crippen molar-refractivity contribution in [3.8, 4) is 11.4 Å². The van der Waals surface area contributed by atoms with Gasteiger partial charge in [-0.15, -0.1) is 5.10 Å². The zero-order valence-corrected chi connectivity index (χ0v) is 20.2. The van der Waals surface area contributed by atoms with E-state index in [1.165, 1.54) is 23.0 Å². The highest BCUT2D eigenvalue weighted by atomic mass is 19.4. The SMILES string of the molecule is COc1cccc(-n2nnc3c(N4CCN(C(=O)c5cc(C(F)(F)F)cc(C(F)(F)F)c5)CC4)ncnc32)c1. The van der Waals surface area contributed by atoms with E-state index in [0.29, 0.717) is 40.6 Å². The number of rotatable bonds is 4. The van der Waals surface area contributed by atoms with Gasteiger partial charge in [-0.05, 0) is 30.3 Å². The number of nitrogens with zero attached hydrogens (tertiary/aromatic N) is 7. The van der Waals surface area contributed by atoms with Crippen molar-refractivity contribution in [1.82, 2.24) is 29.9 Å². The minimum Gasteiger partial charge on any atom is -0.497 e. The van der Waals surface area contributed by atoms with Crippen molar-refractivity contribution in [3.05, 3.63) is 65.5 Å². The van der Waals surface area contributed by atoms with Gasteiger partial charge in [0.05, 0.1) is 23.9 Å². The standard InChI is InChI=1S/C24H19F6N7O2/c1-39-18-4-2-3-17(12-18)37-21-19(33-34-37)20(31-13-32-21)35-5-7-36(8-6-35)22(38)14-9-15(23(25,26)27)11-16(10-14)24(28,29)30/h2-4,9-13H,5-8H2,1H3. The predicted molar refractivity (Wildman–Crippen MR) is 126 cm³/mol. The van der Waals surface area contributed by atoms with Crippen LogP contribution in [-0.2, 0) is 12.4 Å². The summed E-state index contributed by atoms with van der Waals surface area (Å²) in [6.45, 7) is 0.474. The Kier molecular flexibility index (Phi) is 6.52. The van der Waals surface area contributed by atoms with Gasteiger partial charge >= 0.3 is 12.4 Å². The van der Waals surface area contributed by atoms with Gasteiger partial charge in [-0.1, -0.05) is 11.3 Å². The second-order valence-electron chi connectivity index (χ2n) is 8.65. The number of aromatic nitrogens is 5. The molecule has 1 saturated heterocycles. The van der Waals surface area contributed by atoms with Crippen molar-refractivity contribution in [2.75, 3.05) is 38.2 Å². The number of hydrogen-bond donors (Lipinski definition) is 0. The highest BCUT2D eigenvalue weighted by molar-refractivity contribution is 5.95. The van der Waals surface area contributed by atoms with Crippen molar-refractivity contribution >= 4 is 22.9 Å². The number of alkyl halides is 6. The molecule has 0 radical (unpaired) electrons. The van der Waals surface area contributed by atoms with Crippen LogP contribution in [0.2, 0.25) is 0 Å². The number of amides is 1. The van der Waals surface area contributed by atoms with E-state index < -0.39 is 35.0 Å². The first-order valence-corrected chi connectivity index (χ1v) is 11.5. The van der Waals surface area contributed by atoms with Crippen LogP contribution in [0.25, 0.3) is 16.9 Å². The Labute approximate surface area is 216 Å². The molecule has 9 nitrogen and oxygen atoms in total. The van der Waals surface area contributed by atoms with Gasteiger partial charge in [-0.25, -0.2) is 9.97 Å². The Morgan fingerprint density at radius 3 is 2.18 bits per heavy atom. The molecule has 2 aromatic carbocycles. The summed E-state index contributed by atoms with van der Waals surface area (Å²) in [6.07, 6.45) is -8.76. The van der Waals surface area contributed by atoms with Gasteiger partial charge in [0.1, 0.15) is 12.1 Å². The summed E-state index contributed by atoms with van der Waals surface area (Å²) < 4.78 is 86.1. The van der Waals surface area contributed by atoms with Gasteiger partial charge in [0.15, 0.2) is 17.0 Å². The van der Waals surface area contributed by atoms with Gasteiger partial charge in [-0.3, -0.25) is 4.79 Å². The van der Waals surface area contributed by atoms with E-state index in [0.717, 1.165) is 0 Å². The quantitative estimate of drug-likeness (QED) is 0.351. The first-order valence-electron chi connectivity index (χ1n) is 11.5. The van der Waals surface area contributed by atoms with Crippen LogP contribution < -0.4 is 9.64 Å². The molecule has 2 aromatic heterocycles. The number of carbonyl (C=O) groups is 1. The lowest BCUT2D eigenvalue weighted by Gasteiger charge is -2.35. The molecule has 0 atom stereocenters. The third kappa shape index (κ3) is 5.15. The summed E-state index contributed by atoms with van der Waals surface area (Å²) in [7, 11) is 1.53. The summed E-state index contributed by atoms with van der Waals surface area (Å²) in [5.41, 5.74) is -2.32. The van der Waals surface area contributed by atoms with Crippen molar-refractivity contribution in [1.29, 1.82) is 0 Å². The van der Waals surface area contributed by atoms with Crippen LogP contribution in [-0.4, -0.2) is 69.1 Å². The molecule has 1 aliphatic rings. The molecule has 1 amide bonds. The maximum Gasteiger partial charge on any atom is 0.416 e. The Morgan fingerprint density at radius 1 is 0.897 bits per heavy atom. The van der Waals surface area contributed by atoms with Crippen LogP contribution in [0.4, 0.5) is 32.2 Å². The zero-order chi connectivity index (χ0) is 27.9. The van der Waals surface area contributed by atoms with Gasteiger partial charge in [0.25, 0.3) is 5.91 Å². The van der Waals surface area contributed by atoms with Crippen molar-refractivity contribution in [2.45, 2.75) is 12.4 Å². The molecule has 5 rings (SSSR count). The molecule has 1 aliphatic heterocycles. The molecule has 1 fully saturated rings. The third-order valence-electron chi connectivity index (χ3n) is 6.22. The third-order valence-corrected chi connectivity index (χ3v) is 6.22. The lowest BCUT2D eigenvalue weighted by atomic mass is 10.0. The normalized spacial score (nSPS) is 14.6. The van der Waals surface area contributed by atoms with E-state index in [1.807, 2.05) is 0 Å². The van der Waals surface area contributed by atoms with E-state index in [2.05, 4.69) is 20.3 Å². The smallest absolute Gasteiger partial charge is 0.416 e. The number of ether oxygens (including phenoxy) is 1. The van der Waals surface area contributed by atoms with E-state index in [9.17, 15) is 31.1 Å². The molecule has 15 heteroatoms. The monoisotopic (exact) mass is 551 g/mol. The second-order valence-corrected chi connectivity index (χ2v) is 8.65. The summed E-state index contributed by atoms with van der Waals surface area (Å²) in [4.78, 5) is 24.5. The Morgan fingerprint density at radius 2 is 1.56 bits per heavy atom. The number of methoxy groups -OCH3 is 1. The first-order chi connectivity index (χ1) is 18.5. The van der Waals surface area contributed by atoms with Gasteiger partial charge in [0.2, 0.25) is 0 Å². The maximum atomic E-state index is 13.2. The van der Waals surface area contributed by atoms with E-state index in [-0.39, 0.29) is 32.2 Å². The summed E-state index contributed by atoms with van der Waals surface area (Å²) >= 11 is 0. The van der Waals surface area contributed by atoms with Crippen LogP contribution in [0, 0.1) is 0 Å². The summed E-state index contributed by atoms with van der Waals surface area (Å²) in [5, 5.41) is 8.37. The lowest BCUT2D eigenvalue weighted by Crippen LogP contribution is -2.49. The first kappa shape index (κ1) is 26.2.